The van der Waals surface area contributed by atoms with Gasteiger partial charge in [0, 0.05) is 5.56 Å². The summed E-state index contributed by atoms with van der Waals surface area (Å²) in [6.45, 7) is 4.70. The Bertz CT molecular complexity index is 559. The molecule has 0 spiro atoms. The average Bonchev–Trinajstić information content (AvgIpc) is 2.40. The fourth-order valence-electron chi connectivity index (χ4n) is 1.74. The molecule has 0 amide bonds. The maximum absolute atomic E-state index is 10.7. The SMILES string of the molecule is Cc1ccc(COc2cccc(C=O)c2)cc1C. The Kier molecular flexibility index (Phi) is 3.78. The molecule has 0 saturated carbocycles. The van der Waals surface area contributed by atoms with E-state index in [1.165, 1.54) is 11.1 Å². The number of carbonyl (C=O) groups is 1. The summed E-state index contributed by atoms with van der Waals surface area (Å²) in [5.74, 6) is 0.720. The van der Waals surface area contributed by atoms with Gasteiger partial charge in [-0.25, -0.2) is 0 Å². The summed E-state index contributed by atoms with van der Waals surface area (Å²) in [6.07, 6.45) is 0.822. The minimum atomic E-state index is 0.517. The number of ether oxygens (including phenoxy) is 1. The van der Waals surface area contributed by atoms with Gasteiger partial charge in [-0.1, -0.05) is 30.3 Å². The lowest BCUT2D eigenvalue weighted by Gasteiger charge is -2.08. The van der Waals surface area contributed by atoms with Gasteiger partial charge in [0.2, 0.25) is 0 Å². The molecular weight excluding hydrogens is 224 g/mol. The molecule has 0 radical (unpaired) electrons. The quantitative estimate of drug-likeness (QED) is 0.762. The second kappa shape index (κ2) is 5.50. The molecule has 0 atom stereocenters. The fraction of sp³-hybridized carbons (Fsp3) is 0.188. The van der Waals surface area contributed by atoms with E-state index in [1.807, 2.05) is 12.1 Å². The van der Waals surface area contributed by atoms with Crippen LogP contribution in [-0.4, -0.2) is 6.29 Å². The Morgan fingerprint density at radius 1 is 1.06 bits per heavy atom. The molecule has 0 saturated heterocycles. The zero-order valence-electron chi connectivity index (χ0n) is 10.6. The maximum atomic E-state index is 10.7. The van der Waals surface area contributed by atoms with Crippen molar-refractivity contribution >= 4 is 6.29 Å². The Labute approximate surface area is 107 Å². The van der Waals surface area contributed by atoms with Gasteiger partial charge in [-0.15, -0.1) is 0 Å². The molecule has 2 rings (SSSR count). The zero-order chi connectivity index (χ0) is 13.0. The summed E-state index contributed by atoms with van der Waals surface area (Å²) >= 11 is 0. The lowest BCUT2D eigenvalue weighted by Crippen LogP contribution is -1.97. The predicted molar refractivity (Wildman–Crippen MR) is 72.1 cm³/mol. The molecule has 2 aromatic carbocycles. The first-order valence-corrected chi connectivity index (χ1v) is 5.93. The number of aldehydes is 1. The van der Waals surface area contributed by atoms with Gasteiger partial charge < -0.3 is 4.74 Å². The van der Waals surface area contributed by atoms with E-state index in [4.69, 9.17) is 4.74 Å². The minimum absolute atomic E-state index is 0.517. The Morgan fingerprint density at radius 3 is 2.61 bits per heavy atom. The van der Waals surface area contributed by atoms with Crippen molar-refractivity contribution in [2.24, 2.45) is 0 Å². The average molecular weight is 240 g/mol. The number of rotatable bonds is 4. The van der Waals surface area contributed by atoms with Crippen molar-refractivity contribution in [2.75, 3.05) is 0 Å². The third-order valence-electron chi connectivity index (χ3n) is 2.97. The summed E-state index contributed by atoms with van der Waals surface area (Å²) in [6, 6.07) is 13.5. The molecular formula is C16H16O2. The summed E-state index contributed by atoms with van der Waals surface area (Å²) in [5, 5.41) is 0. The second-order valence-corrected chi connectivity index (χ2v) is 4.40. The smallest absolute Gasteiger partial charge is 0.150 e. The molecule has 0 N–H and O–H groups in total. The van der Waals surface area contributed by atoms with Gasteiger partial charge >= 0.3 is 0 Å². The molecule has 0 aliphatic rings. The fourth-order valence-corrected chi connectivity index (χ4v) is 1.74. The van der Waals surface area contributed by atoms with Crippen LogP contribution in [0.2, 0.25) is 0 Å². The second-order valence-electron chi connectivity index (χ2n) is 4.40. The highest BCUT2D eigenvalue weighted by Gasteiger charge is 1.99. The summed E-state index contributed by atoms with van der Waals surface area (Å²) in [7, 11) is 0. The van der Waals surface area contributed by atoms with Crippen molar-refractivity contribution < 1.29 is 9.53 Å². The Morgan fingerprint density at radius 2 is 1.89 bits per heavy atom. The lowest BCUT2D eigenvalue weighted by atomic mass is 10.1. The molecule has 2 aromatic rings. The summed E-state index contributed by atoms with van der Waals surface area (Å²) in [4.78, 5) is 10.7. The third-order valence-corrected chi connectivity index (χ3v) is 2.97. The largest absolute Gasteiger partial charge is 0.489 e. The lowest BCUT2D eigenvalue weighted by molar-refractivity contribution is 0.112. The van der Waals surface area contributed by atoms with Crippen LogP contribution in [0.4, 0.5) is 0 Å². The van der Waals surface area contributed by atoms with E-state index in [0.717, 1.165) is 17.6 Å². The molecule has 0 heterocycles. The molecule has 0 bridgehead atoms. The molecule has 92 valence electrons. The Hall–Kier alpha value is -2.09. The van der Waals surface area contributed by atoms with Crippen molar-refractivity contribution in [2.45, 2.75) is 20.5 Å². The highest BCUT2D eigenvalue weighted by molar-refractivity contribution is 5.75. The molecule has 2 heteroatoms. The number of carbonyl (C=O) groups excluding carboxylic acids is 1. The van der Waals surface area contributed by atoms with E-state index < -0.39 is 0 Å². The topological polar surface area (TPSA) is 26.3 Å². The summed E-state index contributed by atoms with van der Waals surface area (Å²) < 4.78 is 5.67. The minimum Gasteiger partial charge on any atom is -0.489 e. The van der Waals surface area contributed by atoms with Gasteiger partial charge in [0.05, 0.1) is 0 Å². The van der Waals surface area contributed by atoms with E-state index in [-0.39, 0.29) is 0 Å². The highest BCUT2D eigenvalue weighted by Crippen LogP contribution is 2.15. The highest BCUT2D eigenvalue weighted by atomic mass is 16.5. The third kappa shape index (κ3) is 2.98. The van der Waals surface area contributed by atoms with Gasteiger partial charge in [0.15, 0.2) is 0 Å². The summed E-state index contributed by atoms with van der Waals surface area (Å²) in [5.41, 5.74) is 4.31. The first kappa shape index (κ1) is 12.4. The van der Waals surface area contributed by atoms with Crippen molar-refractivity contribution in [1.82, 2.24) is 0 Å². The van der Waals surface area contributed by atoms with Crippen LogP contribution >= 0.6 is 0 Å². The number of hydrogen-bond acceptors (Lipinski definition) is 2. The molecule has 0 aliphatic carbocycles. The van der Waals surface area contributed by atoms with Crippen molar-refractivity contribution in [3.8, 4) is 5.75 Å². The number of hydrogen-bond donors (Lipinski definition) is 0. The standard InChI is InChI=1S/C16H16O2/c1-12-6-7-15(8-13(12)2)11-18-16-5-3-4-14(9-16)10-17/h3-10H,11H2,1-2H3. The van der Waals surface area contributed by atoms with Crippen LogP contribution in [0.3, 0.4) is 0 Å². The van der Waals surface area contributed by atoms with Crippen LogP contribution in [0, 0.1) is 13.8 Å². The van der Waals surface area contributed by atoms with Crippen molar-refractivity contribution in [3.05, 3.63) is 64.7 Å². The van der Waals surface area contributed by atoms with Gasteiger partial charge in [0.1, 0.15) is 18.6 Å². The van der Waals surface area contributed by atoms with Crippen LogP contribution in [0.5, 0.6) is 5.75 Å². The van der Waals surface area contributed by atoms with Crippen LogP contribution in [0.15, 0.2) is 42.5 Å². The van der Waals surface area contributed by atoms with Crippen LogP contribution in [-0.2, 0) is 6.61 Å². The molecule has 18 heavy (non-hydrogen) atoms. The molecule has 0 unspecified atom stereocenters. The molecule has 0 aliphatic heterocycles. The van der Waals surface area contributed by atoms with E-state index in [2.05, 4.69) is 32.0 Å². The first-order valence-electron chi connectivity index (χ1n) is 5.93. The molecule has 0 fully saturated rings. The van der Waals surface area contributed by atoms with E-state index in [9.17, 15) is 4.79 Å². The maximum Gasteiger partial charge on any atom is 0.150 e. The van der Waals surface area contributed by atoms with Crippen molar-refractivity contribution in [3.63, 3.8) is 0 Å². The molecule has 0 aromatic heterocycles. The van der Waals surface area contributed by atoms with Gasteiger partial charge in [-0.2, -0.15) is 0 Å². The number of aryl methyl sites for hydroxylation is 2. The normalized spacial score (nSPS) is 10.1. The monoisotopic (exact) mass is 240 g/mol. The Balaban J connectivity index is 2.06. The predicted octanol–water partition coefficient (Wildman–Crippen LogP) is 3.69. The van der Waals surface area contributed by atoms with Gasteiger partial charge in [-0.05, 0) is 42.7 Å². The van der Waals surface area contributed by atoms with E-state index in [1.54, 1.807) is 12.1 Å². The van der Waals surface area contributed by atoms with E-state index in [0.29, 0.717) is 12.2 Å². The van der Waals surface area contributed by atoms with Crippen LogP contribution in [0.1, 0.15) is 27.0 Å². The van der Waals surface area contributed by atoms with Crippen LogP contribution in [0.25, 0.3) is 0 Å². The van der Waals surface area contributed by atoms with E-state index >= 15 is 0 Å². The van der Waals surface area contributed by atoms with Gasteiger partial charge in [0.25, 0.3) is 0 Å². The molecule has 2 nitrogen and oxygen atoms in total. The first-order chi connectivity index (χ1) is 8.69. The van der Waals surface area contributed by atoms with Crippen LogP contribution < -0.4 is 4.74 Å². The van der Waals surface area contributed by atoms with Gasteiger partial charge in [-0.3, -0.25) is 4.79 Å². The zero-order valence-corrected chi connectivity index (χ0v) is 10.6. The number of benzene rings is 2. The van der Waals surface area contributed by atoms with Crippen molar-refractivity contribution in [1.29, 1.82) is 0 Å².